The molecule has 2 aromatic carbocycles. The van der Waals surface area contributed by atoms with Gasteiger partial charge in [0.15, 0.2) is 0 Å². The van der Waals surface area contributed by atoms with Gasteiger partial charge in [0.25, 0.3) is 5.91 Å². The predicted molar refractivity (Wildman–Crippen MR) is 105 cm³/mol. The molecule has 0 atom stereocenters. The standard InChI is InChI=1S/C20H19ClN4O/c1-12-7-8-16(21)9-17(12)24-20-22-10-15(11-23-20)19(26)25-18-13(2)5-4-6-14(18)3/h4-11H,1-3H3,(H,25,26)(H,22,23,24). The fourth-order valence-corrected chi connectivity index (χ4v) is 2.73. The number of hydrogen-bond acceptors (Lipinski definition) is 4. The molecule has 0 spiro atoms. The molecule has 0 unspecified atom stereocenters. The Morgan fingerprint density at radius 2 is 1.62 bits per heavy atom. The van der Waals surface area contributed by atoms with E-state index in [2.05, 4.69) is 20.6 Å². The number of anilines is 3. The number of amides is 1. The number of aromatic nitrogens is 2. The van der Waals surface area contributed by atoms with Crippen molar-refractivity contribution >= 4 is 34.8 Å². The summed E-state index contributed by atoms with van der Waals surface area (Å²) in [5.74, 6) is 0.159. The van der Waals surface area contributed by atoms with E-state index in [0.717, 1.165) is 28.1 Å². The molecule has 0 bridgehead atoms. The summed E-state index contributed by atoms with van der Waals surface area (Å²) in [4.78, 5) is 20.9. The fourth-order valence-electron chi connectivity index (χ4n) is 2.56. The van der Waals surface area contributed by atoms with Crippen molar-refractivity contribution in [2.75, 3.05) is 10.6 Å². The molecule has 0 saturated carbocycles. The second-order valence-electron chi connectivity index (χ2n) is 6.10. The summed E-state index contributed by atoms with van der Waals surface area (Å²) in [6, 6.07) is 11.4. The number of rotatable bonds is 4. The molecular formula is C20H19ClN4O. The molecule has 0 saturated heterocycles. The Bertz CT molecular complexity index is 934. The van der Waals surface area contributed by atoms with Gasteiger partial charge in [-0.25, -0.2) is 9.97 Å². The second-order valence-corrected chi connectivity index (χ2v) is 6.54. The quantitative estimate of drug-likeness (QED) is 0.678. The van der Waals surface area contributed by atoms with Crippen LogP contribution in [0.4, 0.5) is 17.3 Å². The van der Waals surface area contributed by atoms with E-state index in [-0.39, 0.29) is 5.91 Å². The van der Waals surface area contributed by atoms with Crippen molar-refractivity contribution in [3.8, 4) is 0 Å². The molecule has 0 aliphatic heterocycles. The molecule has 1 heterocycles. The number of halogens is 1. The minimum atomic E-state index is -0.243. The van der Waals surface area contributed by atoms with Gasteiger partial charge in [0.05, 0.1) is 5.56 Å². The van der Waals surface area contributed by atoms with E-state index in [1.165, 1.54) is 12.4 Å². The fraction of sp³-hybridized carbons (Fsp3) is 0.150. The maximum absolute atomic E-state index is 12.5. The molecule has 1 amide bonds. The number of benzene rings is 2. The zero-order valence-corrected chi connectivity index (χ0v) is 15.6. The average molecular weight is 367 g/mol. The summed E-state index contributed by atoms with van der Waals surface area (Å²) < 4.78 is 0. The van der Waals surface area contributed by atoms with Crippen molar-refractivity contribution in [2.24, 2.45) is 0 Å². The topological polar surface area (TPSA) is 66.9 Å². The predicted octanol–water partition coefficient (Wildman–Crippen LogP) is 5.05. The van der Waals surface area contributed by atoms with E-state index in [4.69, 9.17) is 11.6 Å². The normalized spacial score (nSPS) is 10.5. The van der Waals surface area contributed by atoms with Crippen LogP contribution in [0.25, 0.3) is 0 Å². The van der Waals surface area contributed by atoms with Gasteiger partial charge in [0, 0.05) is 28.8 Å². The van der Waals surface area contributed by atoms with E-state index in [9.17, 15) is 4.79 Å². The summed E-state index contributed by atoms with van der Waals surface area (Å²) in [5, 5.41) is 6.66. The summed E-state index contributed by atoms with van der Waals surface area (Å²) in [6.45, 7) is 5.88. The maximum Gasteiger partial charge on any atom is 0.258 e. The van der Waals surface area contributed by atoms with Gasteiger partial charge < -0.3 is 10.6 Å². The van der Waals surface area contributed by atoms with Gasteiger partial charge in [-0.05, 0) is 49.6 Å². The zero-order chi connectivity index (χ0) is 18.7. The first-order valence-electron chi connectivity index (χ1n) is 8.17. The zero-order valence-electron chi connectivity index (χ0n) is 14.8. The molecule has 2 N–H and O–H groups in total. The molecule has 0 aliphatic carbocycles. The van der Waals surface area contributed by atoms with Gasteiger partial charge in [-0.2, -0.15) is 0 Å². The highest BCUT2D eigenvalue weighted by atomic mass is 35.5. The van der Waals surface area contributed by atoms with Gasteiger partial charge in [-0.15, -0.1) is 0 Å². The summed E-state index contributed by atoms with van der Waals surface area (Å²) in [5.41, 5.74) is 5.07. The molecule has 3 aromatic rings. The number of nitrogens with zero attached hydrogens (tertiary/aromatic N) is 2. The Morgan fingerprint density at radius 1 is 0.962 bits per heavy atom. The van der Waals surface area contributed by atoms with E-state index >= 15 is 0 Å². The van der Waals surface area contributed by atoms with E-state index < -0.39 is 0 Å². The highest BCUT2D eigenvalue weighted by Crippen LogP contribution is 2.23. The minimum absolute atomic E-state index is 0.243. The number of carbonyl (C=O) groups excluding carboxylic acids is 1. The highest BCUT2D eigenvalue weighted by molar-refractivity contribution is 6.30. The third kappa shape index (κ3) is 4.00. The second kappa shape index (κ2) is 7.54. The first-order chi connectivity index (χ1) is 12.4. The first kappa shape index (κ1) is 17.9. The van der Waals surface area contributed by atoms with Crippen molar-refractivity contribution in [3.05, 3.63) is 76.1 Å². The van der Waals surface area contributed by atoms with Crippen LogP contribution in [0, 0.1) is 20.8 Å². The Hall–Kier alpha value is -2.92. The van der Waals surface area contributed by atoms with Crippen molar-refractivity contribution in [3.63, 3.8) is 0 Å². The Balaban J connectivity index is 1.75. The van der Waals surface area contributed by atoms with Crippen LogP contribution in [0.2, 0.25) is 5.02 Å². The van der Waals surface area contributed by atoms with Crippen LogP contribution in [0.5, 0.6) is 0 Å². The number of aryl methyl sites for hydroxylation is 3. The lowest BCUT2D eigenvalue weighted by molar-refractivity contribution is 0.102. The van der Waals surface area contributed by atoms with E-state index in [0.29, 0.717) is 16.5 Å². The summed E-state index contributed by atoms with van der Waals surface area (Å²) in [7, 11) is 0. The third-order valence-electron chi connectivity index (χ3n) is 4.08. The summed E-state index contributed by atoms with van der Waals surface area (Å²) >= 11 is 6.02. The molecule has 132 valence electrons. The Labute approximate surface area is 157 Å². The molecule has 0 fully saturated rings. The van der Waals surface area contributed by atoms with Crippen molar-refractivity contribution in [1.29, 1.82) is 0 Å². The maximum atomic E-state index is 12.5. The van der Waals surface area contributed by atoms with Crippen LogP contribution in [0.3, 0.4) is 0 Å². The van der Waals surface area contributed by atoms with Crippen molar-refractivity contribution in [2.45, 2.75) is 20.8 Å². The number of para-hydroxylation sites is 1. The summed E-state index contributed by atoms with van der Waals surface area (Å²) in [6.07, 6.45) is 3.00. The Kier molecular flexibility index (Phi) is 5.19. The average Bonchev–Trinajstić information content (AvgIpc) is 2.62. The molecule has 1 aromatic heterocycles. The highest BCUT2D eigenvalue weighted by Gasteiger charge is 2.11. The molecule has 5 nitrogen and oxygen atoms in total. The van der Waals surface area contributed by atoms with Crippen LogP contribution < -0.4 is 10.6 Å². The molecule has 3 rings (SSSR count). The number of carbonyl (C=O) groups is 1. The molecule has 6 heteroatoms. The van der Waals surface area contributed by atoms with Gasteiger partial charge in [-0.1, -0.05) is 35.9 Å². The lowest BCUT2D eigenvalue weighted by Crippen LogP contribution is -2.14. The van der Waals surface area contributed by atoms with E-state index in [1.54, 1.807) is 0 Å². The number of hydrogen-bond donors (Lipinski definition) is 2. The van der Waals surface area contributed by atoms with Crippen LogP contribution in [-0.2, 0) is 0 Å². The molecular weight excluding hydrogens is 348 g/mol. The first-order valence-corrected chi connectivity index (χ1v) is 8.54. The lowest BCUT2D eigenvalue weighted by atomic mass is 10.1. The monoisotopic (exact) mass is 366 g/mol. The van der Waals surface area contributed by atoms with Gasteiger partial charge in [0.1, 0.15) is 0 Å². The molecule has 0 radical (unpaired) electrons. The smallest absolute Gasteiger partial charge is 0.258 e. The van der Waals surface area contributed by atoms with Crippen molar-refractivity contribution in [1.82, 2.24) is 9.97 Å². The lowest BCUT2D eigenvalue weighted by Gasteiger charge is -2.12. The van der Waals surface area contributed by atoms with Crippen LogP contribution >= 0.6 is 11.6 Å². The van der Waals surface area contributed by atoms with E-state index in [1.807, 2.05) is 57.2 Å². The van der Waals surface area contributed by atoms with Crippen LogP contribution in [-0.4, -0.2) is 15.9 Å². The van der Waals surface area contributed by atoms with Gasteiger partial charge >= 0.3 is 0 Å². The van der Waals surface area contributed by atoms with Crippen LogP contribution in [0.1, 0.15) is 27.0 Å². The van der Waals surface area contributed by atoms with Crippen molar-refractivity contribution < 1.29 is 4.79 Å². The SMILES string of the molecule is Cc1ccc(Cl)cc1Nc1ncc(C(=O)Nc2c(C)cccc2C)cn1. The number of nitrogens with one attached hydrogen (secondary N) is 2. The largest absolute Gasteiger partial charge is 0.324 e. The Morgan fingerprint density at radius 3 is 2.27 bits per heavy atom. The third-order valence-corrected chi connectivity index (χ3v) is 4.31. The minimum Gasteiger partial charge on any atom is -0.324 e. The molecule has 26 heavy (non-hydrogen) atoms. The van der Waals surface area contributed by atoms with Crippen LogP contribution in [0.15, 0.2) is 48.8 Å². The van der Waals surface area contributed by atoms with Gasteiger partial charge in [-0.3, -0.25) is 4.79 Å². The van der Waals surface area contributed by atoms with Gasteiger partial charge in [0.2, 0.25) is 5.95 Å². The molecule has 0 aliphatic rings.